The number of alkyl halides is 3. The number of benzene rings is 1. The average molecular weight is 343 g/mol. The molecule has 1 fully saturated rings. The van der Waals surface area contributed by atoms with Crippen LogP contribution in [0.4, 0.5) is 13.2 Å². The second-order valence-corrected chi connectivity index (χ2v) is 6.14. The maximum absolute atomic E-state index is 13.3. The molecule has 0 aromatic heterocycles. The molecule has 0 unspecified atom stereocenters. The number of nitrogens with zero attached hydrogens (tertiary/aromatic N) is 1. The monoisotopic (exact) mass is 343 g/mol. The van der Waals surface area contributed by atoms with Gasteiger partial charge >= 0.3 is 6.18 Å². The lowest BCUT2D eigenvalue weighted by atomic mass is 9.90. The molecule has 2 heterocycles. The number of aliphatic imine (C=N–C) groups is 1. The van der Waals surface area contributed by atoms with Crippen LogP contribution in [0.3, 0.4) is 0 Å². The van der Waals surface area contributed by atoms with E-state index in [1.54, 1.807) is 0 Å². The van der Waals surface area contributed by atoms with Crippen LogP contribution in [0.25, 0.3) is 0 Å². The molecule has 2 aliphatic heterocycles. The lowest BCUT2D eigenvalue weighted by Crippen LogP contribution is -2.47. The fourth-order valence-electron chi connectivity index (χ4n) is 2.33. The van der Waals surface area contributed by atoms with Gasteiger partial charge in [0.25, 0.3) is 5.91 Å². The summed E-state index contributed by atoms with van der Waals surface area (Å²) in [5, 5.41) is 0. The Balaban J connectivity index is 1.85. The summed E-state index contributed by atoms with van der Waals surface area (Å²) in [6.45, 7) is 2.83. The van der Waals surface area contributed by atoms with Crippen LogP contribution in [0, 0.1) is 5.41 Å². The molecule has 0 saturated carbocycles. The Morgan fingerprint density at radius 3 is 2.62 bits per heavy atom. The molecule has 24 heavy (non-hydrogen) atoms. The number of carbonyl (C=O) groups is 1. The Hall–Kier alpha value is -2.29. The van der Waals surface area contributed by atoms with Gasteiger partial charge in [0.15, 0.2) is 0 Å². The van der Waals surface area contributed by atoms with Crippen LogP contribution < -0.4 is 15.6 Å². The summed E-state index contributed by atoms with van der Waals surface area (Å²) in [5.74, 6) is -0.420. The third-order valence-electron chi connectivity index (χ3n) is 3.74. The van der Waals surface area contributed by atoms with Crippen molar-refractivity contribution < 1.29 is 27.4 Å². The lowest BCUT2D eigenvalue weighted by Gasteiger charge is -2.37. The quantitative estimate of drug-likeness (QED) is 0.869. The largest absolute Gasteiger partial charge is 0.492 e. The SMILES string of the molecule is CC1(COc2ccc(C3=NCC(=O)NN3)cc2C(F)(F)F)COC1. The van der Waals surface area contributed by atoms with Crippen LogP contribution in [-0.4, -0.2) is 38.1 Å². The van der Waals surface area contributed by atoms with E-state index in [1.165, 1.54) is 12.1 Å². The first-order valence-corrected chi connectivity index (χ1v) is 7.28. The zero-order valence-electron chi connectivity index (χ0n) is 12.9. The predicted octanol–water partition coefficient (Wildman–Crippen LogP) is 1.50. The summed E-state index contributed by atoms with van der Waals surface area (Å²) in [7, 11) is 0. The normalized spacial score (nSPS) is 19.7. The summed E-state index contributed by atoms with van der Waals surface area (Å²) in [5.41, 5.74) is 3.87. The number of ether oxygens (including phenoxy) is 2. The molecular formula is C15H16F3N3O3. The van der Waals surface area contributed by atoms with Gasteiger partial charge in [0, 0.05) is 11.0 Å². The first kappa shape index (κ1) is 16.6. The highest BCUT2D eigenvalue weighted by Crippen LogP contribution is 2.38. The highest BCUT2D eigenvalue weighted by Gasteiger charge is 2.38. The first-order valence-electron chi connectivity index (χ1n) is 7.28. The summed E-state index contributed by atoms with van der Waals surface area (Å²) in [6.07, 6.45) is -4.57. The number of carbonyl (C=O) groups excluding carboxylic acids is 1. The molecule has 130 valence electrons. The molecule has 0 spiro atoms. The van der Waals surface area contributed by atoms with E-state index in [4.69, 9.17) is 9.47 Å². The van der Waals surface area contributed by atoms with Crippen LogP contribution >= 0.6 is 0 Å². The Morgan fingerprint density at radius 2 is 2.08 bits per heavy atom. The van der Waals surface area contributed by atoms with E-state index in [0.29, 0.717) is 13.2 Å². The van der Waals surface area contributed by atoms with Gasteiger partial charge in [-0.25, -0.2) is 0 Å². The minimum absolute atomic E-state index is 0.139. The molecule has 0 bridgehead atoms. The topological polar surface area (TPSA) is 72.0 Å². The van der Waals surface area contributed by atoms with Crippen molar-refractivity contribution >= 4 is 11.7 Å². The summed E-state index contributed by atoms with van der Waals surface area (Å²) in [4.78, 5) is 15.0. The Bertz CT molecular complexity index is 684. The van der Waals surface area contributed by atoms with E-state index in [1.807, 2.05) is 6.92 Å². The zero-order valence-corrected chi connectivity index (χ0v) is 12.9. The number of amides is 1. The number of rotatable bonds is 4. The van der Waals surface area contributed by atoms with Crippen LogP contribution in [0.5, 0.6) is 5.75 Å². The van der Waals surface area contributed by atoms with Gasteiger partial charge in [0.1, 0.15) is 18.1 Å². The van der Waals surface area contributed by atoms with Crippen molar-refractivity contribution in [3.8, 4) is 5.75 Å². The minimum atomic E-state index is -4.57. The molecular weight excluding hydrogens is 327 g/mol. The van der Waals surface area contributed by atoms with E-state index in [9.17, 15) is 18.0 Å². The fraction of sp³-hybridized carbons (Fsp3) is 0.467. The van der Waals surface area contributed by atoms with Crippen molar-refractivity contribution in [3.63, 3.8) is 0 Å². The van der Waals surface area contributed by atoms with E-state index in [-0.39, 0.29) is 41.6 Å². The lowest BCUT2D eigenvalue weighted by molar-refractivity contribution is -0.142. The van der Waals surface area contributed by atoms with E-state index >= 15 is 0 Å². The highest BCUT2D eigenvalue weighted by molar-refractivity contribution is 6.02. The van der Waals surface area contributed by atoms with Crippen molar-refractivity contribution in [1.82, 2.24) is 10.9 Å². The highest BCUT2D eigenvalue weighted by atomic mass is 19.4. The summed E-state index contributed by atoms with van der Waals surface area (Å²) < 4.78 is 50.5. The molecule has 0 aliphatic carbocycles. The first-order chi connectivity index (χ1) is 11.3. The van der Waals surface area contributed by atoms with Crippen LogP contribution in [0.15, 0.2) is 23.2 Å². The molecule has 2 aliphatic rings. The van der Waals surface area contributed by atoms with E-state index in [2.05, 4.69) is 15.8 Å². The minimum Gasteiger partial charge on any atom is -0.492 e. The van der Waals surface area contributed by atoms with Gasteiger partial charge in [-0.2, -0.15) is 13.2 Å². The molecule has 3 rings (SSSR count). The van der Waals surface area contributed by atoms with Gasteiger partial charge in [-0.1, -0.05) is 6.92 Å². The smallest absolute Gasteiger partial charge is 0.419 e. The average Bonchev–Trinajstić information content (AvgIpc) is 2.51. The molecule has 1 aromatic rings. The van der Waals surface area contributed by atoms with Gasteiger partial charge in [-0.05, 0) is 18.2 Å². The molecule has 2 N–H and O–H groups in total. The Morgan fingerprint density at radius 1 is 1.33 bits per heavy atom. The van der Waals surface area contributed by atoms with Crippen LogP contribution in [0.1, 0.15) is 18.1 Å². The molecule has 1 amide bonds. The van der Waals surface area contributed by atoms with Gasteiger partial charge in [0.2, 0.25) is 0 Å². The molecule has 1 aromatic carbocycles. The number of hydrazine groups is 1. The number of nitrogens with one attached hydrogen (secondary N) is 2. The number of halogens is 3. The molecule has 0 atom stereocenters. The van der Waals surface area contributed by atoms with E-state index in [0.717, 1.165) is 6.07 Å². The number of hydrogen-bond acceptors (Lipinski definition) is 5. The second-order valence-electron chi connectivity index (χ2n) is 6.14. The third kappa shape index (κ3) is 3.45. The molecule has 1 saturated heterocycles. The maximum Gasteiger partial charge on any atom is 0.419 e. The van der Waals surface area contributed by atoms with Crippen molar-refractivity contribution in [1.29, 1.82) is 0 Å². The summed E-state index contributed by atoms with van der Waals surface area (Å²) in [6, 6.07) is 3.69. The summed E-state index contributed by atoms with van der Waals surface area (Å²) >= 11 is 0. The third-order valence-corrected chi connectivity index (χ3v) is 3.74. The van der Waals surface area contributed by atoms with Gasteiger partial charge in [-0.3, -0.25) is 20.6 Å². The van der Waals surface area contributed by atoms with Crippen molar-refractivity contribution in [2.45, 2.75) is 13.1 Å². The Labute approximate surface area is 136 Å². The predicted molar refractivity (Wildman–Crippen MR) is 78.5 cm³/mol. The van der Waals surface area contributed by atoms with Gasteiger partial charge in [-0.15, -0.1) is 0 Å². The van der Waals surface area contributed by atoms with Crippen LogP contribution in [-0.2, 0) is 15.7 Å². The second kappa shape index (κ2) is 5.97. The fourth-order valence-corrected chi connectivity index (χ4v) is 2.33. The van der Waals surface area contributed by atoms with Gasteiger partial charge < -0.3 is 9.47 Å². The number of amidine groups is 1. The van der Waals surface area contributed by atoms with Crippen molar-refractivity contribution in [3.05, 3.63) is 29.3 Å². The van der Waals surface area contributed by atoms with Crippen molar-refractivity contribution in [2.24, 2.45) is 10.4 Å². The zero-order chi connectivity index (χ0) is 17.4. The van der Waals surface area contributed by atoms with Gasteiger partial charge in [0.05, 0.1) is 25.4 Å². The standard InChI is InChI=1S/C15H16F3N3O3/c1-14(6-23-7-14)8-24-11-3-2-9(4-10(11)15(16,17)18)13-19-5-12(22)20-21-13/h2-4H,5-8H2,1H3,(H,19,21)(H,20,22). The maximum atomic E-state index is 13.3. The Kier molecular flexibility index (Phi) is 4.12. The number of hydrogen-bond donors (Lipinski definition) is 2. The van der Waals surface area contributed by atoms with Crippen LogP contribution in [0.2, 0.25) is 0 Å². The molecule has 0 radical (unpaired) electrons. The van der Waals surface area contributed by atoms with Crippen molar-refractivity contribution in [2.75, 3.05) is 26.4 Å². The molecule has 9 heteroatoms. The molecule has 6 nitrogen and oxygen atoms in total. The van der Waals surface area contributed by atoms with E-state index < -0.39 is 11.7 Å².